The topological polar surface area (TPSA) is 103 Å². The number of allylic oxidation sites excluding steroid dienone is 1. The normalized spacial score (nSPS) is 14.4. The molecule has 30 heavy (non-hydrogen) atoms. The average molecular weight is 423 g/mol. The van der Waals surface area contributed by atoms with Gasteiger partial charge in [-0.05, 0) is 48.7 Å². The van der Waals surface area contributed by atoms with Crippen LogP contribution < -0.4 is 5.73 Å². The molecule has 0 atom stereocenters. The quantitative estimate of drug-likeness (QED) is 0.563. The molecule has 0 saturated carbocycles. The van der Waals surface area contributed by atoms with E-state index in [0.717, 1.165) is 16.7 Å². The Morgan fingerprint density at radius 1 is 1.20 bits per heavy atom. The second kappa shape index (κ2) is 8.60. The number of rotatable bonds is 5. The van der Waals surface area contributed by atoms with Crippen LogP contribution in [0.4, 0.5) is 0 Å². The maximum absolute atomic E-state index is 13.1. The minimum absolute atomic E-state index is 0.0636. The van der Waals surface area contributed by atoms with Crippen LogP contribution in [-0.2, 0) is 4.74 Å². The van der Waals surface area contributed by atoms with Crippen LogP contribution in [0.15, 0.2) is 42.2 Å². The van der Waals surface area contributed by atoms with Crippen LogP contribution in [0, 0.1) is 30.6 Å². The van der Waals surface area contributed by atoms with E-state index in [9.17, 15) is 4.79 Å². The Labute approximate surface area is 181 Å². The van der Waals surface area contributed by atoms with Gasteiger partial charge >= 0.3 is 0 Å². The third kappa shape index (κ3) is 4.03. The van der Waals surface area contributed by atoms with Crippen LogP contribution in [0.1, 0.15) is 44.1 Å². The van der Waals surface area contributed by atoms with Crippen molar-refractivity contribution in [3.05, 3.63) is 75.5 Å². The molecule has 3 rings (SSSR count). The van der Waals surface area contributed by atoms with Crippen molar-refractivity contribution in [2.45, 2.75) is 19.8 Å². The second-order valence-corrected chi connectivity index (χ2v) is 7.76. The lowest BCUT2D eigenvalue weighted by Crippen LogP contribution is -2.48. The Hall–Kier alpha value is -3.30. The number of carbonyl (C=O) groups excluding carboxylic acids is 1. The molecule has 1 heterocycles. The summed E-state index contributed by atoms with van der Waals surface area (Å²) in [6.07, 6.45) is 0. The number of aryl methyl sites for hydroxylation is 2. The molecule has 0 aliphatic carbocycles. The van der Waals surface area contributed by atoms with E-state index < -0.39 is 0 Å². The van der Waals surface area contributed by atoms with Gasteiger partial charge in [-0.2, -0.15) is 5.26 Å². The van der Waals surface area contributed by atoms with Crippen molar-refractivity contribution in [1.29, 1.82) is 10.7 Å². The van der Waals surface area contributed by atoms with Gasteiger partial charge < -0.3 is 15.4 Å². The molecule has 7 heteroatoms. The van der Waals surface area contributed by atoms with E-state index in [1.165, 1.54) is 7.11 Å². The summed E-state index contributed by atoms with van der Waals surface area (Å²) in [5.41, 5.74) is 11.1. The molecular weight excluding hydrogens is 400 g/mol. The number of ether oxygens (including phenoxy) is 1. The van der Waals surface area contributed by atoms with Gasteiger partial charge in [0.05, 0.1) is 24.4 Å². The lowest BCUT2D eigenvalue weighted by molar-refractivity contribution is 0.0601. The summed E-state index contributed by atoms with van der Waals surface area (Å²) in [6.45, 7) is 5.02. The Morgan fingerprint density at radius 2 is 1.80 bits per heavy atom. The predicted octanol–water partition coefficient (Wildman–Crippen LogP) is 3.90. The molecule has 0 unspecified atom stereocenters. The molecule has 1 aliphatic rings. The Kier molecular flexibility index (Phi) is 6.14. The van der Waals surface area contributed by atoms with Gasteiger partial charge in [-0.25, -0.2) is 0 Å². The van der Waals surface area contributed by atoms with Crippen LogP contribution in [-0.4, -0.2) is 36.2 Å². The molecule has 0 aromatic heterocycles. The van der Waals surface area contributed by atoms with Crippen molar-refractivity contribution in [3.8, 4) is 6.07 Å². The average Bonchev–Trinajstić information content (AvgIpc) is 2.67. The molecule has 1 amide bonds. The zero-order valence-electron chi connectivity index (χ0n) is 17.1. The van der Waals surface area contributed by atoms with Crippen LogP contribution >= 0.6 is 11.6 Å². The van der Waals surface area contributed by atoms with E-state index >= 15 is 0 Å². The number of benzene rings is 2. The van der Waals surface area contributed by atoms with Gasteiger partial charge in [0.25, 0.3) is 5.91 Å². The van der Waals surface area contributed by atoms with E-state index in [-0.39, 0.29) is 28.5 Å². The summed E-state index contributed by atoms with van der Waals surface area (Å²) >= 11 is 5.78. The zero-order valence-corrected chi connectivity index (χ0v) is 17.9. The predicted molar refractivity (Wildman–Crippen MR) is 117 cm³/mol. The van der Waals surface area contributed by atoms with Crippen molar-refractivity contribution in [2.24, 2.45) is 5.73 Å². The number of nitriles is 1. The number of nitrogens with one attached hydrogen (secondary N) is 1. The highest BCUT2D eigenvalue weighted by Crippen LogP contribution is 2.31. The van der Waals surface area contributed by atoms with Crippen molar-refractivity contribution in [1.82, 2.24) is 4.90 Å². The van der Waals surface area contributed by atoms with Crippen LogP contribution in [0.2, 0.25) is 0 Å². The van der Waals surface area contributed by atoms with E-state index in [0.29, 0.717) is 29.8 Å². The van der Waals surface area contributed by atoms with Gasteiger partial charge in [0.2, 0.25) is 0 Å². The molecule has 0 radical (unpaired) electrons. The highest BCUT2D eigenvalue weighted by molar-refractivity contribution is 6.68. The number of nitrogens with zero attached hydrogens (tertiary/aromatic N) is 2. The molecule has 2 aromatic rings. The second-order valence-electron chi connectivity index (χ2n) is 7.38. The van der Waals surface area contributed by atoms with E-state index in [1.807, 2.05) is 32.0 Å². The van der Waals surface area contributed by atoms with Crippen LogP contribution in [0.25, 0.3) is 5.70 Å². The van der Waals surface area contributed by atoms with Gasteiger partial charge in [0.1, 0.15) is 0 Å². The fourth-order valence-corrected chi connectivity index (χ4v) is 3.85. The van der Waals surface area contributed by atoms with Gasteiger partial charge in [0.15, 0.2) is 10.9 Å². The highest BCUT2D eigenvalue weighted by atomic mass is 35.5. The number of hydrogen-bond donors (Lipinski definition) is 2. The lowest BCUT2D eigenvalue weighted by atomic mass is 9.89. The molecular formula is C23H23ClN4O2. The van der Waals surface area contributed by atoms with Crippen molar-refractivity contribution in [2.75, 3.05) is 20.2 Å². The van der Waals surface area contributed by atoms with Crippen LogP contribution in [0.5, 0.6) is 0 Å². The number of halogens is 1. The van der Waals surface area contributed by atoms with Crippen molar-refractivity contribution < 1.29 is 9.53 Å². The van der Waals surface area contributed by atoms with Crippen molar-refractivity contribution >= 4 is 28.4 Å². The molecule has 0 spiro atoms. The minimum atomic E-state index is -0.296. The molecule has 6 nitrogen and oxygen atoms in total. The molecule has 2 aromatic carbocycles. The Bertz CT molecular complexity index is 1080. The van der Waals surface area contributed by atoms with Crippen LogP contribution in [0.3, 0.4) is 0 Å². The number of amides is 1. The molecule has 154 valence electrons. The molecule has 1 aliphatic heterocycles. The fraction of sp³-hybridized carbons (Fsp3) is 0.261. The lowest BCUT2D eigenvalue weighted by Gasteiger charge is -2.40. The summed E-state index contributed by atoms with van der Waals surface area (Å²) in [5.74, 6) is 0.270. The first kappa shape index (κ1) is 21.4. The summed E-state index contributed by atoms with van der Waals surface area (Å²) in [6, 6.07) is 13.2. The van der Waals surface area contributed by atoms with Gasteiger partial charge in [-0.15, -0.1) is 0 Å². The molecule has 1 saturated heterocycles. The largest absolute Gasteiger partial charge is 0.491 e. The monoisotopic (exact) mass is 422 g/mol. The molecule has 1 fully saturated rings. The van der Waals surface area contributed by atoms with Gasteiger partial charge in [-0.1, -0.05) is 29.8 Å². The van der Waals surface area contributed by atoms with Gasteiger partial charge in [-0.3, -0.25) is 10.2 Å². The summed E-state index contributed by atoms with van der Waals surface area (Å²) < 4.78 is 5.16. The van der Waals surface area contributed by atoms with Crippen molar-refractivity contribution in [3.63, 3.8) is 0 Å². The van der Waals surface area contributed by atoms with Gasteiger partial charge in [0, 0.05) is 30.1 Å². The van der Waals surface area contributed by atoms with E-state index in [1.54, 1.807) is 23.1 Å². The number of methoxy groups -OCH3 is 1. The number of likely N-dealkylation sites (tertiary alicyclic amines) is 1. The third-order valence-corrected chi connectivity index (χ3v) is 5.59. The fourth-order valence-electron chi connectivity index (χ4n) is 3.67. The SMILES string of the molecule is CO/C(C(=N)Cl)=C(/N)c1cc(C(=O)N2CC(c3ccc(C#N)cc3)C2)c(C)cc1C. The summed E-state index contributed by atoms with van der Waals surface area (Å²) in [4.78, 5) is 14.9. The Morgan fingerprint density at radius 3 is 2.33 bits per heavy atom. The zero-order chi connectivity index (χ0) is 22.0. The summed E-state index contributed by atoms with van der Waals surface area (Å²) in [7, 11) is 1.40. The number of hydrogen-bond acceptors (Lipinski definition) is 5. The highest BCUT2D eigenvalue weighted by Gasteiger charge is 2.33. The molecule has 0 bridgehead atoms. The maximum Gasteiger partial charge on any atom is 0.254 e. The minimum Gasteiger partial charge on any atom is -0.491 e. The number of nitrogens with two attached hydrogens (primary N) is 1. The smallest absolute Gasteiger partial charge is 0.254 e. The first-order chi connectivity index (χ1) is 14.3. The first-order valence-electron chi connectivity index (χ1n) is 9.46. The van der Waals surface area contributed by atoms with E-state index in [4.69, 9.17) is 32.7 Å². The van der Waals surface area contributed by atoms with E-state index in [2.05, 4.69) is 6.07 Å². The maximum atomic E-state index is 13.1. The number of carbonyl (C=O) groups is 1. The standard InChI is InChI=1S/C23H23ClN4O2/c1-13-8-14(2)19(9-18(13)20(26)21(30-3)22(24)27)23(29)28-11-17(12-28)16-6-4-15(10-25)5-7-16/h4-9,17,27H,11-12,26H2,1-3H3/b21-20+,27-22?. The third-order valence-electron chi connectivity index (χ3n) is 5.42. The Balaban J connectivity index is 1.83. The summed E-state index contributed by atoms with van der Waals surface area (Å²) in [5, 5.41) is 16.3. The molecule has 3 N–H and O–H groups in total. The first-order valence-corrected chi connectivity index (χ1v) is 9.83.